The van der Waals surface area contributed by atoms with Crippen LogP contribution >= 0.6 is 0 Å². The molecule has 0 aliphatic carbocycles. The lowest BCUT2D eigenvalue weighted by Gasteiger charge is -2.29. The number of rotatable bonds is 6. The molecule has 1 aromatic carbocycles. The van der Waals surface area contributed by atoms with Gasteiger partial charge in [-0.2, -0.15) is 0 Å². The molecule has 0 aromatic heterocycles. The number of sulfonamides is 1. The summed E-state index contributed by atoms with van der Waals surface area (Å²) in [6.07, 6.45) is 0. The Hall–Kier alpha value is -1.80. The van der Waals surface area contributed by atoms with Crippen LogP contribution in [0.4, 0.5) is 5.69 Å². The van der Waals surface area contributed by atoms with Crippen molar-refractivity contribution in [2.75, 3.05) is 43.9 Å². The Morgan fingerprint density at radius 2 is 2.09 bits per heavy atom. The average Bonchev–Trinajstić information content (AvgIpc) is 2.54. The number of amides is 1. The molecule has 23 heavy (non-hydrogen) atoms. The highest BCUT2D eigenvalue weighted by Gasteiger charge is 2.26. The molecule has 0 bridgehead atoms. The minimum absolute atomic E-state index is 0.163. The topological polar surface area (TPSA) is 84.9 Å². The van der Waals surface area contributed by atoms with Gasteiger partial charge in [-0.3, -0.25) is 9.52 Å². The number of nitrogens with zero attached hydrogens (tertiary/aromatic N) is 1. The van der Waals surface area contributed by atoms with E-state index in [2.05, 4.69) is 4.72 Å². The fraction of sp³-hybridized carbons (Fsp3) is 0.533. The van der Waals surface area contributed by atoms with E-state index in [-0.39, 0.29) is 11.7 Å². The van der Waals surface area contributed by atoms with Crippen LogP contribution in [0.15, 0.2) is 24.3 Å². The Morgan fingerprint density at radius 3 is 2.74 bits per heavy atom. The summed E-state index contributed by atoms with van der Waals surface area (Å²) >= 11 is 0. The quantitative estimate of drug-likeness (QED) is 0.831. The minimum atomic E-state index is -3.63. The lowest BCUT2D eigenvalue weighted by Crippen LogP contribution is -2.44. The first-order valence-electron chi connectivity index (χ1n) is 7.42. The number of carbonyl (C=O) groups excluding carboxylic acids is 1. The highest BCUT2D eigenvalue weighted by molar-refractivity contribution is 7.92. The van der Waals surface area contributed by atoms with Crippen LogP contribution in [0.25, 0.3) is 0 Å². The fourth-order valence-corrected chi connectivity index (χ4v) is 3.77. The van der Waals surface area contributed by atoms with Crippen LogP contribution in [-0.4, -0.2) is 58.4 Å². The van der Waals surface area contributed by atoms with Crippen molar-refractivity contribution in [1.29, 1.82) is 0 Å². The van der Waals surface area contributed by atoms with E-state index in [0.29, 0.717) is 37.7 Å². The zero-order valence-electron chi connectivity index (χ0n) is 13.3. The standard InChI is InChI=1S/C15H22N2O5S/c1-12(15(18)17-6-8-22-9-7-17)11-23(19,20)16-13-4-3-5-14(10-13)21-2/h3-5,10,12,16H,6-9,11H2,1-2H3. The number of carbonyl (C=O) groups is 1. The molecular formula is C15H22N2O5S. The highest BCUT2D eigenvalue weighted by Crippen LogP contribution is 2.19. The smallest absolute Gasteiger partial charge is 0.233 e. The van der Waals surface area contributed by atoms with Gasteiger partial charge in [-0.15, -0.1) is 0 Å². The van der Waals surface area contributed by atoms with Crippen molar-refractivity contribution in [2.24, 2.45) is 5.92 Å². The predicted octanol–water partition coefficient (Wildman–Crippen LogP) is 0.932. The van der Waals surface area contributed by atoms with E-state index < -0.39 is 15.9 Å². The van der Waals surface area contributed by atoms with E-state index >= 15 is 0 Å². The molecule has 1 N–H and O–H groups in total. The molecule has 8 heteroatoms. The summed E-state index contributed by atoms with van der Waals surface area (Å²) in [6, 6.07) is 6.64. The highest BCUT2D eigenvalue weighted by atomic mass is 32.2. The van der Waals surface area contributed by atoms with E-state index in [1.165, 1.54) is 7.11 Å². The summed E-state index contributed by atoms with van der Waals surface area (Å²) in [7, 11) is -2.12. The molecule has 1 saturated heterocycles. The van der Waals surface area contributed by atoms with Crippen molar-refractivity contribution in [2.45, 2.75) is 6.92 Å². The first-order chi connectivity index (χ1) is 10.9. The molecule has 1 aliphatic rings. The van der Waals surface area contributed by atoms with Crippen LogP contribution in [0.3, 0.4) is 0 Å². The van der Waals surface area contributed by atoms with Gasteiger partial charge in [0.15, 0.2) is 0 Å². The van der Waals surface area contributed by atoms with Gasteiger partial charge in [0.1, 0.15) is 5.75 Å². The number of hydrogen-bond acceptors (Lipinski definition) is 5. The minimum Gasteiger partial charge on any atom is -0.497 e. The molecule has 1 heterocycles. The maximum Gasteiger partial charge on any atom is 0.233 e. The summed E-state index contributed by atoms with van der Waals surface area (Å²) in [5, 5.41) is 0. The van der Waals surface area contributed by atoms with Gasteiger partial charge in [-0.05, 0) is 12.1 Å². The third-order valence-corrected chi connectivity index (χ3v) is 5.04. The van der Waals surface area contributed by atoms with E-state index in [4.69, 9.17) is 9.47 Å². The third kappa shape index (κ3) is 5.11. The lowest BCUT2D eigenvalue weighted by atomic mass is 10.2. The average molecular weight is 342 g/mol. The lowest BCUT2D eigenvalue weighted by molar-refractivity contribution is -0.138. The third-order valence-electron chi connectivity index (χ3n) is 3.56. The maximum atomic E-state index is 12.3. The Bertz CT molecular complexity index is 641. The monoisotopic (exact) mass is 342 g/mol. The number of methoxy groups -OCH3 is 1. The van der Waals surface area contributed by atoms with Gasteiger partial charge < -0.3 is 14.4 Å². The molecule has 2 rings (SSSR count). The largest absolute Gasteiger partial charge is 0.497 e. The predicted molar refractivity (Wildman–Crippen MR) is 87.0 cm³/mol. The maximum absolute atomic E-state index is 12.3. The molecule has 1 fully saturated rings. The first kappa shape index (κ1) is 17.6. The number of hydrogen-bond donors (Lipinski definition) is 1. The van der Waals surface area contributed by atoms with Gasteiger partial charge in [-0.1, -0.05) is 13.0 Å². The summed E-state index contributed by atoms with van der Waals surface area (Å²) < 4.78 is 37.2. The molecular weight excluding hydrogens is 320 g/mol. The molecule has 0 spiro atoms. The molecule has 0 saturated carbocycles. The number of morpholine rings is 1. The molecule has 1 unspecified atom stereocenters. The Morgan fingerprint density at radius 1 is 1.39 bits per heavy atom. The van der Waals surface area contributed by atoms with Crippen molar-refractivity contribution < 1.29 is 22.7 Å². The van der Waals surface area contributed by atoms with Crippen LogP contribution < -0.4 is 9.46 Å². The molecule has 7 nitrogen and oxygen atoms in total. The van der Waals surface area contributed by atoms with Gasteiger partial charge >= 0.3 is 0 Å². The fourth-order valence-electron chi connectivity index (χ4n) is 2.40. The van der Waals surface area contributed by atoms with Crippen molar-refractivity contribution in [3.63, 3.8) is 0 Å². The Kier molecular flexibility index (Phi) is 5.84. The molecule has 0 radical (unpaired) electrons. The number of nitrogens with one attached hydrogen (secondary N) is 1. The molecule has 1 amide bonds. The SMILES string of the molecule is COc1cccc(NS(=O)(=O)CC(C)C(=O)N2CCOCC2)c1. The second kappa shape index (κ2) is 7.65. The van der Waals surface area contributed by atoms with Gasteiger partial charge in [0.2, 0.25) is 15.9 Å². The van der Waals surface area contributed by atoms with Crippen LogP contribution in [-0.2, 0) is 19.6 Å². The molecule has 1 aliphatic heterocycles. The van der Waals surface area contributed by atoms with Crippen molar-refractivity contribution >= 4 is 21.6 Å². The summed E-state index contributed by atoms with van der Waals surface area (Å²) in [4.78, 5) is 13.9. The second-order valence-electron chi connectivity index (χ2n) is 5.45. The summed E-state index contributed by atoms with van der Waals surface area (Å²) in [5.74, 6) is -0.483. The van der Waals surface area contributed by atoms with Crippen molar-refractivity contribution in [3.05, 3.63) is 24.3 Å². The van der Waals surface area contributed by atoms with Crippen LogP contribution in [0.2, 0.25) is 0 Å². The van der Waals surface area contributed by atoms with Crippen LogP contribution in [0, 0.1) is 5.92 Å². The number of anilines is 1. The van der Waals surface area contributed by atoms with Crippen molar-refractivity contribution in [3.8, 4) is 5.75 Å². The van der Waals surface area contributed by atoms with Crippen LogP contribution in [0.1, 0.15) is 6.92 Å². The number of ether oxygens (including phenoxy) is 2. The van der Waals surface area contributed by atoms with Gasteiger partial charge in [-0.25, -0.2) is 8.42 Å². The van der Waals surface area contributed by atoms with E-state index in [1.54, 1.807) is 36.1 Å². The van der Waals surface area contributed by atoms with Gasteiger partial charge in [0.05, 0.1) is 37.7 Å². The first-order valence-corrected chi connectivity index (χ1v) is 9.07. The van der Waals surface area contributed by atoms with E-state index in [1.807, 2.05) is 0 Å². The van der Waals surface area contributed by atoms with Gasteiger partial charge in [0.25, 0.3) is 0 Å². The molecule has 1 aromatic rings. The normalized spacial score (nSPS) is 16.7. The van der Waals surface area contributed by atoms with Crippen molar-refractivity contribution in [1.82, 2.24) is 4.90 Å². The van der Waals surface area contributed by atoms with Gasteiger partial charge in [0, 0.05) is 19.2 Å². The van der Waals surface area contributed by atoms with E-state index in [0.717, 1.165) is 0 Å². The second-order valence-corrected chi connectivity index (χ2v) is 7.22. The molecule has 1 atom stereocenters. The zero-order chi connectivity index (χ0) is 16.9. The molecule has 128 valence electrons. The number of benzene rings is 1. The van der Waals surface area contributed by atoms with E-state index in [9.17, 15) is 13.2 Å². The zero-order valence-corrected chi connectivity index (χ0v) is 14.1. The summed E-state index contributed by atoms with van der Waals surface area (Å²) in [5.41, 5.74) is 0.412. The Balaban J connectivity index is 1.97. The Labute approximate surface area is 136 Å². The van der Waals surface area contributed by atoms with Crippen LogP contribution in [0.5, 0.6) is 5.75 Å². The summed E-state index contributed by atoms with van der Waals surface area (Å²) in [6.45, 7) is 3.63.